The van der Waals surface area contributed by atoms with Crippen molar-refractivity contribution in [2.45, 2.75) is 90.7 Å². The van der Waals surface area contributed by atoms with Gasteiger partial charge < -0.3 is 15.2 Å². The molecule has 3 saturated carbocycles. The van der Waals surface area contributed by atoms with Crippen LogP contribution in [0.4, 0.5) is 0 Å². The summed E-state index contributed by atoms with van der Waals surface area (Å²) in [7, 11) is 0. The minimum Gasteiger partial charge on any atom is -0.478 e. The van der Waals surface area contributed by atoms with Gasteiger partial charge in [0.05, 0.1) is 12.0 Å². The number of fused-ring (bicyclic) bond motifs is 5. The number of carbonyl (C=O) groups excluding carboxylic acids is 3. The van der Waals surface area contributed by atoms with E-state index in [1.807, 2.05) is 6.08 Å². The van der Waals surface area contributed by atoms with Crippen LogP contribution in [0.1, 0.15) is 94.0 Å². The molecular formula is C31H39NO6. The number of amides is 1. The zero-order valence-corrected chi connectivity index (χ0v) is 22.5. The van der Waals surface area contributed by atoms with Gasteiger partial charge in [0.15, 0.2) is 5.78 Å². The SMILES string of the molecule is C[C@]12CC[C@H]3[C@@H](CCC4=CC(=O)CC[C@@]43C)[C@@H]1CC[C@@H]2OC(=O)CCC(=O)NCc1ccc(C(=O)O)cc1. The topological polar surface area (TPSA) is 110 Å². The van der Waals surface area contributed by atoms with E-state index >= 15 is 0 Å². The normalized spacial score (nSPS) is 33.8. The van der Waals surface area contributed by atoms with E-state index in [-0.39, 0.29) is 59.5 Å². The van der Waals surface area contributed by atoms with Gasteiger partial charge >= 0.3 is 11.9 Å². The summed E-state index contributed by atoms with van der Waals surface area (Å²) in [5.74, 6) is 0.501. The molecule has 0 aromatic heterocycles. The van der Waals surface area contributed by atoms with E-state index in [1.165, 1.54) is 17.7 Å². The molecule has 0 saturated heterocycles. The quantitative estimate of drug-likeness (QED) is 0.476. The lowest BCUT2D eigenvalue weighted by molar-refractivity contribution is -0.160. The number of ketones is 1. The lowest BCUT2D eigenvalue weighted by Gasteiger charge is -2.57. The molecule has 0 bridgehead atoms. The highest BCUT2D eigenvalue weighted by atomic mass is 16.5. The fourth-order valence-corrected chi connectivity index (χ4v) is 8.19. The Kier molecular flexibility index (Phi) is 7.23. The summed E-state index contributed by atoms with van der Waals surface area (Å²) in [6.07, 6.45) is 9.83. The van der Waals surface area contributed by atoms with Crippen LogP contribution in [0, 0.1) is 28.6 Å². The predicted molar refractivity (Wildman–Crippen MR) is 141 cm³/mol. The van der Waals surface area contributed by atoms with Gasteiger partial charge in [-0.3, -0.25) is 14.4 Å². The third-order valence-electron chi connectivity index (χ3n) is 10.4. The Bertz CT molecular complexity index is 1160. The van der Waals surface area contributed by atoms with Crippen LogP contribution in [-0.4, -0.2) is 34.8 Å². The summed E-state index contributed by atoms with van der Waals surface area (Å²) in [6.45, 7) is 4.97. The molecule has 3 fully saturated rings. The first-order valence-corrected chi connectivity index (χ1v) is 14.1. The first-order valence-electron chi connectivity index (χ1n) is 14.1. The molecule has 0 aliphatic heterocycles. The molecule has 0 unspecified atom stereocenters. The number of carbonyl (C=O) groups is 4. The number of ether oxygens (including phenoxy) is 1. The van der Waals surface area contributed by atoms with Crippen molar-refractivity contribution in [2.24, 2.45) is 28.6 Å². The molecule has 4 aliphatic carbocycles. The second kappa shape index (κ2) is 10.3. The number of benzene rings is 1. The average Bonchev–Trinajstić information content (AvgIpc) is 3.22. The molecule has 4 aliphatic rings. The first-order chi connectivity index (χ1) is 18.1. The standard InChI is InChI=1S/C31H39NO6/c1-30-15-13-22(33)17-21(30)7-8-23-24-9-10-26(31(24,2)16-14-25(23)30)38-28(35)12-11-27(34)32-18-19-3-5-20(6-4-19)29(36)37/h3-6,17,23-26H,7-16,18H2,1-2H3,(H,32,34)(H,36,37)/t23-,24-,25-,26-,30-,31-/m0/s1. The lowest BCUT2D eigenvalue weighted by Crippen LogP contribution is -2.51. The number of nitrogens with one attached hydrogen (secondary N) is 1. The maximum Gasteiger partial charge on any atom is 0.335 e. The van der Waals surface area contributed by atoms with E-state index in [9.17, 15) is 19.2 Å². The van der Waals surface area contributed by atoms with E-state index in [2.05, 4.69) is 19.2 Å². The summed E-state index contributed by atoms with van der Waals surface area (Å²) < 4.78 is 6.03. The van der Waals surface area contributed by atoms with Crippen LogP contribution < -0.4 is 5.32 Å². The van der Waals surface area contributed by atoms with Crippen LogP contribution in [-0.2, 0) is 25.7 Å². The van der Waals surface area contributed by atoms with Crippen molar-refractivity contribution in [1.29, 1.82) is 0 Å². The van der Waals surface area contributed by atoms with Crippen molar-refractivity contribution in [3.8, 4) is 0 Å². The van der Waals surface area contributed by atoms with E-state index in [4.69, 9.17) is 9.84 Å². The minimum absolute atomic E-state index is 0.0245. The molecule has 1 amide bonds. The molecule has 204 valence electrons. The van der Waals surface area contributed by atoms with Gasteiger partial charge in [0, 0.05) is 24.8 Å². The van der Waals surface area contributed by atoms with Crippen LogP contribution in [0.15, 0.2) is 35.9 Å². The molecule has 2 N–H and O–H groups in total. The van der Waals surface area contributed by atoms with Gasteiger partial charge in [0.1, 0.15) is 6.10 Å². The largest absolute Gasteiger partial charge is 0.478 e. The average molecular weight is 522 g/mol. The summed E-state index contributed by atoms with van der Waals surface area (Å²) in [5.41, 5.74) is 2.48. The number of rotatable bonds is 7. The molecule has 7 nitrogen and oxygen atoms in total. The summed E-state index contributed by atoms with van der Waals surface area (Å²) in [4.78, 5) is 48.1. The molecule has 5 rings (SSSR count). The van der Waals surface area contributed by atoms with E-state index in [0.717, 1.165) is 50.5 Å². The van der Waals surface area contributed by atoms with Crippen molar-refractivity contribution >= 4 is 23.6 Å². The number of carboxylic acid groups (broad SMARTS) is 1. The van der Waals surface area contributed by atoms with Crippen LogP contribution in [0.25, 0.3) is 0 Å². The monoisotopic (exact) mass is 521 g/mol. The van der Waals surface area contributed by atoms with E-state index in [0.29, 0.717) is 24.2 Å². The third-order valence-corrected chi connectivity index (χ3v) is 10.4. The second-order valence-corrected chi connectivity index (χ2v) is 12.3. The maximum atomic E-state index is 12.8. The highest BCUT2D eigenvalue weighted by Crippen LogP contribution is 2.65. The number of esters is 1. The molecule has 0 spiro atoms. The fourth-order valence-electron chi connectivity index (χ4n) is 8.19. The molecule has 0 heterocycles. The number of aromatic carboxylic acids is 1. The maximum absolute atomic E-state index is 12.8. The lowest BCUT2D eigenvalue weighted by atomic mass is 9.47. The van der Waals surface area contributed by atoms with Gasteiger partial charge in [-0.15, -0.1) is 0 Å². The van der Waals surface area contributed by atoms with E-state index in [1.54, 1.807) is 12.1 Å². The van der Waals surface area contributed by atoms with Crippen molar-refractivity contribution in [3.63, 3.8) is 0 Å². The Labute approximate surface area is 224 Å². The van der Waals surface area contributed by atoms with Crippen LogP contribution in [0.5, 0.6) is 0 Å². The predicted octanol–water partition coefficient (Wildman–Crippen LogP) is 5.22. The van der Waals surface area contributed by atoms with Crippen molar-refractivity contribution in [3.05, 3.63) is 47.0 Å². The summed E-state index contributed by atoms with van der Waals surface area (Å²) in [5, 5.41) is 11.8. The zero-order chi connectivity index (χ0) is 27.1. The van der Waals surface area contributed by atoms with Crippen molar-refractivity contribution < 1.29 is 29.0 Å². The minimum atomic E-state index is -0.990. The number of hydrogen-bond acceptors (Lipinski definition) is 5. The Morgan fingerprint density at radius 2 is 1.74 bits per heavy atom. The van der Waals surface area contributed by atoms with Crippen LogP contribution in [0.2, 0.25) is 0 Å². The van der Waals surface area contributed by atoms with Crippen molar-refractivity contribution in [1.82, 2.24) is 5.32 Å². The highest BCUT2D eigenvalue weighted by molar-refractivity contribution is 5.91. The van der Waals surface area contributed by atoms with E-state index < -0.39 is 5.97 Å². The fraction of sp³-hybridized carbons (Fsp3) is 0.613. The van der Waals surface area contributed by atoms with Crippen LogP contribution in [0.3, 0.4) is 0 Å². The van der Waals surface area contributed by atoms with Gasteiger partial charge in [0.25, 0.3) is 0 Å². The van der Waals surface area contributed by atoms with Gasteiger partial charge in [-0.2, -0.15) is 0 Å². The third kappa shape index (κ3) is 4.92. The van der Waals surface area contributed by atoms with Gasteiger partial charge in [-0.25, -0.2) is 4.79 Å². The molecular weight excluding hydrogens is 482 g/mol. The van der Waals surface area contributed by atoms with Crippen LogP contribution >= 0.6 is 0 Å². The number of hydrogen-bond donors (Lipinski definition) is 2. The smallest absolute Gasteiger partial charge is 0.335 e. The Hall–Kier alpha value is -2.96. The molecule has 0 radical (unpaired) electrons. The first kappa shape index (κ1) is 26.6. The number of allylic oxidation sites excluding steroid dienone is 1. The Balaban J connectivity index is 1.12. The summed E-state index contributed by atoms with van der Waals surface area (Å²) >= 11 is 0. The molecule has 38 heavy (non-hydrogen) atoms. The summed E-state index contributed by atoms with van der Waals surface area (Å²) in [6, 6.07) is 6.34. The second-order valence-electron chi connectivity index (χ2n) is 12.3. The van der Waals surface area contributed by atoms with Gasteiger partial charge in [-0.1, -0.05) is 31.6 Å². The molecule has 1 aromatic carbocycles. The molecule has 7 heteroatoms. The van der Waals surface area contributed by atoms with Gasteiger partial charge in [-0.05, 0) is 91.9 Å². The number of carboxylic acids is 1. The van der Waals surface area contributed by atoms with Crippen molar-refractivity contribution in [2.75, 3.05) is 0 Å². The molecule has 1 aromatic rings. The Morgan fingerprint density at radius 1 is 0.974 bits per heavy atom. The molecule has 6 atom stereocenters. The van der Waals surface area contributed by atoms with Gasteiger partial charge in [0.2, 0.25) is 5.91 Å². The zero-order valence-electron chi connectivity index (χ0n) is 22.5. The highest BCUT2D eigenvalue weighted by Gasteiger charge is 2.59. The Morgan fingerprint density at radius 3 is 2.47 bits per heavy atom.